The number of phenols is 1. The highest BCUT2D eigenvalue weighted by molar-refractivity contribution is 5.68. The standard InChI is InChI=1S/C37H47N3O4/c1-36(2,3)44-35(42)40-19-17-37(43,18-20-40)26-38-21-23-39(24-22-38)30-12-9-28(10-13-30)34-32(27-7-5-4-6-8-27)15-11-29-25-31(41)14-16-33(29)34/h4-10,12-14,16,25,32,34,41,43H,11,15,17-24,26H2,1-3H3. The summed E-state index contributed by atoms with van der Waals surface area (Å²) in [5.74, 6) is 0.980. The van der Waals surface area contributed by atoms with Crippen LogP contribution in [0.1, 0.15) is 74.1 Å². The van der Waals surface area contributed by atoms with Gasteiger partial charge in [-0.05, 0) is 98.9 Å². The van der Waals surface area contributed by atoms with E-state index in [0.717, 1.165) is 39.0 Å². The van der Waals surface area contributed by atoms with Crippen LogP contribution in [0.15, 0.2) is 72.8 Å². The van der Waals surface area contributed by atoms with Gasteiger partial charge in [0.15, 0.2) is 0 Å². The number of rotatable bonds is 5. The predicted molar refractivity (Wildman–Crippen MR) is 175 cm³/mol. The lowest BCUT2D eigenvalue weighted by Crippen LogP contribution is -2.56. The summed E-state index contributed by atoms with van der Waals surface area (Å²) in [5.41, 5.74) is 5.20. The maximum atomic E-state index is 12.4. The molecular weight excluding hydrogens is 550 g/mol. The summed E-state index contributed by atoms with van der Waals surface area (Å²) in [6.07, 6.45) is 2.88. The number of aromatic hydroxyl groups is 1. The first-order chi connectivity index (χ1) is 21.1. The highest BCUT2D eigenvalue weighted by Crippen LogP contribution is 2.47. The third-order valence-electron chi connectivity index (χ3n) is 9.67. The number of ether oxygens (including phenoxy) is 1. The zero-order valence-electron chi connectivity index (χ0n) is 26.4. The predicted octanol–water partition coefficient (Wildman–Crippen LogP) is 6.14. The zero-order valence-corrected chi connectivity index (χ0v) is 26.4. The molecule has 2 atom stereocenters. The van der Waals surface area contributed by atoms with Gasteiger partial charge in [-0.1, -0.05) is 48.5 Å². The number of β-amino-alcohol motifs (C(OH)–C–C–N with tert-alkyl or cyclic N) is 1. The minimum absolute atomic E-state index is 0.245. The monoisotopic (exact) mass is 597 g/mol. The van der Waals surface area contributed by atoms with Gasteiger partial charge in [0.05, 0.1) is 5.60 Å². The van der Waals surface area contributed by atoms with Gasteiger partial charge < -0.3 is 24.7 Å². The molecule has 0 aromatic heterocycles. The van der Waals surface area contributed by atoms with Crippen molar-refractivity contribution in [1.29, 1.82) is 0 Å². The lowest BCUT2D eigenvalue weighted by molar-refractivity contribution is -0.0507. The molecule has 7 heteroatoms. The summed E-state index contributed by atoms with van der Waals surface area (Å²) in [4.78, 5) is 19.0. The second-order valence-corrected chi connectivity index (χ2v) is 14.0. The van der Waals surface area contributed by atoms with Crippen LogP contribution < -0.4 is 4.90 Å². The smallest absolute Gasteiger partial charge is 0.410 e. The Balaban J connectivity index is 1.07. The Bertz CT molecular complexity index is 1420. The fourth-order valence-corrected chi connectivity index (χ4v) is 7.34. The fraction of sp³-hybridized carbons (Fsp3) is 0.486. The summed E-state index contributed by atoms with van der Waals surface area (Å²) >= 11 is 0. The largest absolute Gasteiger partial charge is 0.508 e. The number of fused-ring (bicyclic) bond motifs is 1. The number of hydrogen-bond acceptors (Lipinski definition) is 6. The molecule has 0 spiro atoms. The molecule has 1 amide bonds. The van der Waals surface area contributed by atoms with E-state index in [1.165, 1.54) is 27.9 Å². The van der Waals surface area contributed by atoms with Crippen molar-refractivity contribution in [2.75, 3.05) is 50.7 Å². The number of benzene rings is 3. The lowest BCUT2D eigenvalue weighted by Gasteiger charge is -2.43. The molecule has 2 N–H and O–H groups in total. The van der Waals surface area contributed by atoms with Crippen molar-refractivity contribution >= 4 is 11.8 Å². The number of aryl methyl sites for hydroxylation is 1. The van der Waals surface area contributed by atoms with Gasteiger partial charge in [0.1, 0.15) is 11.4 Å². The fourth-order valence-electron chi connectivity index (χ4n) is 7.34. The van der Waals surface area contributed by atoms with E-state index in [1.807, 2.05) is 32.9 Å². The van der Waals surface area contributed by atoms with E-state index < -0.39 is 11.2 Å². The van der Waals surface area contributed by atoms with Gasteiger partial charge in [-0.3, -0.25) is 4.90 Å². The molecule has 0 radical (unpaired) electrons. The summed E-state index contributed by atoms with van der Waals surface area (Å²) < 4.78 is 5.52. The van der Waals surface area contributed by atoms with Gasteiger partial charge in [-0.25, -0.2) is 4.79 Å². The van der Waals surface area contributed by atoms with E-state index in [1.54, 1.807) is 4.90 Å². The number of nitrogens with zero attached hydrogens (tertiary/aromatic N) is 3. The highest BCUT2D eigenvalue weighted by atomic mass is 16.6. The molecule has 2 unspecified atom stereocenters. The van der Waals surface area contributed by atoms with Crippen LogP contribution in [0.5, 0.6) is 5.75 Å². The van der Waals surface area contributed by atoms with Crippen molar-refractivity contribution < 1.29 is 19.7 Å². The Morgan fingerprint density at radius 3 is 2.23 bits per heavy atom. The number of carbonyl (C=O) groups is 1. The Morgan fingerprint density at radius 1 is 0.886 bits per heavy atom. The summed E-state index contributed by atoms with van der Waals surface area (Å²) in [5, 5.41) is 21.5. The number of amides is 1. The first kappa shape index (κ1) is 30.5. The van der Waals surface area contributed by atoms with Crippen molar-refractivity contribution in [2.24, 2.45) is 0 Å². The Labute approximate surface area is 262 Å². The van der Waals surface area contributed by atoms with Crippen LogP contribution >= 0.6 is 0 Å². The number of piperazine rings is 1. The number of anilines is 1. The highest BCUT2D eigenvalue weighted by Gasteiger charge is 2.37. The molecule has 2 heterocycles. The quantitative estimate of drug-likeness (QED) is 0.368. The number of phenolic OH excluding ortho intramolecular Hbond substituents is 1. The molecule has 2 saturated heterocycles. The van der Waals surface area contributed by atoms with E-state index in [9.17, 15) is 15.0 Å². The van der Waals surface area contributed by atoms with Gasteiger partial charge in [0, 0.05) is 57.4 Å². The molecule has 0 bridgehead atoms. The summed E-state index contributed by atoms with van der Waals surface area (Å²) in [6.45, 7) is 10.9. The van der Waals surface area contributed by atoms with E-state index in [-0.39, 0.29) is 12.0 Å². The second kappa shape index (κ2) is 12.4. The van der Waals surface area contributed by atoms with Crippen molar-refractivity contribution in [3.8, 4) is 5.75 Å². The number of carbonyl (C=O) groups excluding carboxylic acids is 1. The van der Waals surface area contributed by atoms with Crippen LogP contribution in [0.3, 0.4) is 0 Å². The molecule has 0 saturated carbocycles. The van der Waals surface area contributed by atoms with Gasteiger partial charge >= 0.3 is 6.09 Å². The number of hydrogen-bond donors (Lipinski definition) is 2. The third kappa shape index (κ3) is 6.89. The van der Waals surface area contributed by atoms with Crippen molar-refractivity contribution in [2.45, 2.75) is 69.5 Å². The number of piperidine rings is 1. The minimum Gasteiger partial charge on any atom is -0.508 e. The summed E-state index contributed by atoms with van der Waals surface area (Å²) in [6, 6.07) is 25.9. The molecule has 6 rings (SSSR count). The van der Waals surface area contributed by atoms with Crippen LogP contribution in [-0.2, 0) is 11.2 Å². The molecule has 3 aromatic rings. The first-order valence-corrected chi connectivity index (χ1v) is 16.2. The lowest BCUT2D eigenvalue weighted by atomic mass is 9.69. The second-order valence-electron chi connectivity index (χ2n) is 14.0. The van der Waals surface area contributed by atoms with Crippen molar-refractivity contribution in [1.82, 2.24) is 9.80 Å². The molecule has 2 fully saturated rings. The van der Waals surface area contributed by atoms with Crippen molar-refractivity contribution in [3.05, 3.63) is 95.1 Å². The van der Waals surface area contributed by atoms with E-state index in [2.05, 4.69) is 70.5 Å². The van der Waals surface area contributed by atoms with Gasteiger partial charge in [-0.15, -0.1) is 0 Å². The molecule has 1 aliphatic carbocycles. The maximum absolute atomic E-state index is 12.4. The van der Waals surface area contributed by atoms with E-state index in [4.69, 9.17) is 4.74 Å². The average Bonchev–Trinajstić information content (AvgIpc) is 3.01. The SMILES string of the molecule is CC(C)(C)OC(=O)N1CCC(O)(CN2CCN(c3ccc(C4c5ccc(O)cc5CCC4c4ccccc4)cc3)CC2)CC1. The summed E-state index contributed by atoms with van der Waals surface area (Å²) in [7, 11) is 0. The Kier molecular flexibility index (Phi) is 8.62. The number of aliphatic hydroxyl groups is 1. The van der Waals surface area contributed by atoms with Crippen LogP contribution in [-0.4, -0.2) is 83.1 Å². The molecule has 44 heavy (non-hydrogen) atoms. The van der Waals surface area contributed by atoms with E-state index >= 15 is 0 Å². The molecule has 7 nitrogen and oxygen atoms in total. The third-order valence-corrected chi connectivity index (χ3v) is 9.67. The average molecular weight is 598 g/mol. The molecule has 234 valence electrons. The van der Waals surface area contributed by atoms with Crippen molar-refractivity contribution in [3.63, 3.8) is 0 Å². The Morgan fingerprint density at radius 2 is 1.57 bits per heavy atom. The van der Waals surface area contributed by atoms with Gasteiger partial charge in [0.2, 0.25) is 0 Å². The Hall–Kier alpha value is -3.55. The van der Waals surface area contributed by atoms with E-state index in [0.29, 0.717) is 44.1 Å². The molecule has 3 aliphatic rings. The normalized spacial score (nSPS) is 22.4. The van der Waals surface area contributed by atoms with Crippen LogP contribution in [0.25, 0.3) is 0 Å². The topological polar surface area (TPSA) is 76.5 Å². The van der Waals surface area contributed by atoms with Crippen LogP contribution in [0.4, 0.5) is 10.5 Å². The van der Waals surface area contributed by atoms with Crippen LogP contribution in [0.2, 0.25) is 0 Å². The zero-order chi connectivity index (χ0) is 30.9. The molecule has 3 aromatic carbocycles. The van der Waals surface area contributed by atoms with Crippen LogP contribution in [0, 0.1) is 0 Å². The molecule has 2 aliphatic heterocycles. The maximum Gasteiger partial charge on any atom is 0.410 e. The first-order valence-electron chi connectivity index (χ1n) is 16.2. The van der Waals surface area contributed by atoms with Gasteiger partial charge in [-0.2, -0.15) is 0 Å². The number of likely N-dealkylation sites (tertiary alicyclic amines) is 1. The molecular formula is C37H47N3O4. The minimum atomic E-state index is -0.773. The van der Waals surface area contributed by atoms with Gasteiger partial charge in [0.25, 0.3) is 0 Å².